The van der Waals surface area contributed by atoms with Crippen LogP contribution in [0.4, 0.5) is 0 Å². The normalized spacial score (nSPS) is 16.4. The van der Waals surface area contributed by atoms with Crippen molar-refractivity contribution in [2.75, 3.05) is 26.2 Å². The van der Waals surface area contributed by atoms with E-state index in [0.717, 1.165) is 5.56 Å². The van der Waals surface area contributed by atoms with Crippen LogP contribution in [0.15, 0.2) is 29.2 Å². The molecule has 1 N–H and O–H groups in total. The highest BCUT2D eigenvalue weighted by Gasteiger charge is 2.33. The molecule has 0 aliphatic carbocycles. The van der Waals surface area contributed by atoms with Crippen molar-refractivity contribution in [3.05, 3.63) is 29.8 Å². The maximum absolute atomic E-state index is 12.8. The Bertz CT molecular complexity index is 766. The van der Waals surface area contributed by atoms with Crippen molar-refractivity contribution >= 4 is 21.9 Å². The van der Waals surface area contributed by atoms with Crippen molar-refractivity contribution in [3.63, 3.8) is 0 Å². The lowest BCUT2D eigenvalue weighted by atomic mass is 9.96. The summed E-state index contributed by atoms with van der Waals surface area (Å²) in [6.45, 7) is 6.36. The van der Waals surface area contributed by atoms with Crippen molar-refractivity contribution in [2.24, 2.45) is 5.92 Å². The van der Waals surface area contributed by atoms with Crippen LogP contribution in [0, 0.1) is 5.92 Å². The summed E-state index contributed by atoms with van der Waals surface area (Å²) in [5.41, 5.74) is 1.08. The molecule has 1 heterocycles. The Balaban J connectivity index is 2.03. The van der Waals surface area contributed by atoms with Gasteiger partial charge in [-0.3, -0.25) is 9.59 Å². The van der Waals surface area contributed by atoms with Crippen LogP contribution < -0.4 is 0 Å². The second-order valence-corrected chi connectivity index (χ2v) is 9.09. The van der Waals surface area contributed by atoms with Crippen LogP contribution in [0.5, 0.6) is 0 Å². The number of aliphatic carboxylic acids is 1. The average Bonchev–Trinajstić information content (AvgIpc) is 2.65. The highest BCUT2D eigenvalue weighted by atomic mass is 32.2. The van der Waals surface area contributed by atoms with Gasteiger partial charge in [0, 0.05) is 25.6 Å². The summed E-state index contributed by atoms with van der Waals surface area (Å²) in [5.74, 6) is -1.26. The Morgan fingerprint density at radius 1 is 1.19 bits per heavy atom. The number of carboxylic acid groups (broad SMARTS) is 1. The summed E-state index contributed by atoms with van der Waals surface area (Å²) in [7, 11) is -3.58. The molecule has 150 valence electrons. The molecule has 1 fully saturated rings. The van der Waals surface area contributed by atoms with Gasteiger partial charge in [-0.15, -0.1) is 0 Å². The lowest BCUT2D eigenvalue weighted by molar-refractivity contribution is -0.146. The second kappa shape index (κ2) is 8.84. The minimum Gasteiger partial charge on any atom is -0.480 e. The molecule has 0 saturated carbocycles. The van der Waals surface area contributed by atoms with Crippen LogP contribution in [-0.4, -0.2) is 60.8 Å². The zero-order valence-electron chi connectivity index (χ0n) is 16.1. The van der Waals surface area contributed by atoms with Gasteiger partial charge in [0.15, 0.2) is 0 Å². The number of likely N-dealkylation sites (N-methyl/N-ethyl adjacent to an activating group) is 1. The first-order valence-electron chi connectivity index (χ1n) is 9.27. The van der Waals surface area contributed by atoms with Crippen molar-refractivity contribution in [1.82, 2.24) is 9.21 Å². The van der Waals surface area contributed by atoms with E-state index in [9.17, 15) is 18.0 Å². The molecule has 2 rings (SSSR count). The number of carbonyl (C=O) groups is 2. The van der Waals surface area contributed by atoms with Gasteiger partial charge in [0.2, 0.25) is 15.9 Å². The molecule has 0 bridgehead atoms. The molecule has 1 amide bonds. The highest BCUT2D eigenvalue weighted by molar-refractivity contribution is 7.89. The molecular weight excluding hydrogens is 368 g/mol. The predicted molar refractivity (Wildman–Crippen MR) is 102 cm³/mol. The zero-order chi connectivity index (χ0) is 20.2. The fourth-order valence-corrected chi connectivity index (χ4v) is 4.75. The van der Waals surface area contributed by atoms with Crippen LogP contribution >= 0.6 is 0 Å². The largest absolute Gasteiger partial charge is 0.480 e. The van der Waals surface area contributed by atoms with Gasteiger partial charge in [-0.1, -0.05) is 26.0 Å². The third kappa shape index (κ3) is 5.07. The Morgan fingerprint density at radius 3 is 2.19 bits per heavy atom. The van der Waals surface area contributed by atoms with Crippen molar-refractivity contribution in [1.29, 1.82) is 0 Å². The van der Waals surface area contributed by atoms with Crippen molar-refractivity contribution < 1.29 is 23.1 Å². The number of piperidine rings is 1. The summed E-state index contributed by atoms with van der Waals surface area (Å²) in [4.78, 5) is 24.9. The maximum Gasteiger partial charge on any atom is 0.323 e. The van der Waals surface area contributed by atoms with Crippen molar-refractivity contribution in [2.45, 2.75) is 44.4 Å². The first kappa shape index (κ1) is 21.4. The van der Waals surface area contributed by atoms with Gasteiger partial charge in [0.25, 0.3) is 0 Å². The molecule has 0 aromatic heterocycles. The molecule has 0 radical (unpaired) electrons. The Kier molecular flexibility index (Phi) is 7.00. The predicted octanol–water partition coefficient (Wildman–Crippen LogP) is 2.14. The van der Waals surface area contributed by atoms with E-state index in [-0.39, 0.29) is 36.4 Å². The number of nitrogens with zero attached hydrogens (tertiary/aromatic N) is 2. The molecule has 8 heteroatoms. The lowest BCUT2D eigenvalue weighted by Gasteiger charge is -2.33. The van der Waals surface area contributed by atoms with E-state index in [0.29, 0.717) is 25.3 Å². The summed E-state index contributed by atoms with van der Waals surface area (Å²) >= 11 is 0. The topological polar surface area (TPSA) is 95.0 Å². The van der Waals surface area contributed by atoms with E-state index in [1.54, 1.807) is 19.1 Å². The van der Waals surface area contributed by atoms with Gasteiger partial charge in [-0.05, 0) is 43.4 Å². The Hall–Kier alpha value is -1.93. The SMILES string of the molecule is CCN(CC(=O)O)C(=O)C1CCN(S(=O)(=O)c2ccc(C(C)C)cc2)CC1. The number of sulfonamides is 1. The van der Waals surface area contributed by atoms with Crippen LogP contribution in [0.2, 0.25) is 0 Å². The van der Waals surface area contributed by atoms with E-state index in [2.05, 4.69) is 13.8 Å². The van der Waals surface area contributed by atoms with Gasteiger partial charge >= 0.3 is 5.97 Å². The Labute approximate surface area is 161 Å². The summed E-state index contributed by atoms with van der Waals surface area (Å²) in [6.07, 6.45) is 0.802. The second-order valence-electron chi connectivity index (χ2n) is 7.15. The third-order valence-corrected chi connectivity index (χ3v) is 6.92. The van der Waals surface area contributed by atoms with Gasteiger partial charge < -0.3 is 10.0 Å². The Morgan fingerprint density at radius 2 is 1.74 bits per heavy atom. The molecular formula is C19H28N2O5S. The van der Waals surface area contributed by atoms with Crippen LogP contribution in [0.1, 0.15) is 45.1 Å². The van der Waals surface area contributed by atoms with Crippen LogP contribution in [-0.2, 0) is 19.6 Å². The molecule has 1 aromatic carbocycles. The standard InChI is InChI=1S/C19H28N2O5S/c1-4-20(13-18(22)23)19(24)16-9-11-21(12-10-16)27(25,26)17-7-5-15(6-8-17)14(2)3/h5-8,14,16H,4,9-13H2,1-3H3,(H,22,23). The lowest BCUT2D eigenvalue weighted by Crippen LogP contribution is -2.45. The molecule has 0 spiro atoms. The number of hydrogen-bond acceptors (Lipinski definition) is 4. The minimum atomic E-state index is -3.58. The molecule has 1 aliphatic heterocycles. The van der Waals surface area contributed by atoms with Crippen LogP contribution in [0.3, 0.4) is 0 Å². The zero-order valence-corrected chi connectivity index (χ0v) is 16.9. The maximum atomic E-state index is 12.8. The van der Waals surface area contributed by atoms with Gasteiger partial charge in [-0.2, -0.15) is 4.31 Å². The molecule has 1 aliphatic rings. The van der Waals surface area contributed by atoms with E-state index in [1.807, 2.05) is 12.1 Å². The van der Waals surface area contributed by atoms with E-state index in [1.165, 1.54) is 9.21 Å². The minimum absolute atomic E-state index is 0.210. The van der Waals surface area contributed by atoms with Crippen LogP contribution in [0.25, 0.3) is 0 Å². The molecule has 1 saturated heterocycles. The smallest absolute Gasteiger partial charge is 0.323 e. The molecule has 0 atom stereocenters. The summed E-state index contributed by atoms with van der Waals surface area (Å²) in [6, 6.07) is 6.93. The van der Waals surface area contributed by atoms with Gasteiger partial charge in [0.1, 0.15) is 6.54 Å². The van der Waals surface area contributed by atoms with E-state index in [4.69, 9.17) is 5.11 Å². The quantitative estimate of drug-likeness (QED) is 0.762. The number of rotatable bonds is 7. The monoisotopic (exact) mass is 396 g/mol. The number of carbonyl (C=O) groups excluding carboxylic acids is 1. The fourth-order valence-electron chi connectivity index (χ4n) is 3.28. The molecule has 7 nitrogen and oxygen atoms in total. The van der Waals surface area contributed by atoms with Gasteiger partial charge in [0.05, 0.1) is 4.90 Å². The van der Waals surface area contributed by atoms with Crippen molar-refractivity contribution in [3.8, 4) is 0 Å². The van der Waals surface area contributed by atoms with E-state index >= 15 is 0 Å². The molecule has 27 heavy (non-hydrogen) atoms. The number of amides is 1. The summed E-state index contributed by atoms with van der Waals surface area (Å²) in [5, 5.41) is 8.91. The molecule has 0 unspecified atom stereocenters. The fraction of sp³-hybridized carbons (Fsp3) is 0.579. The third-order valence-electron chi connectivity index (χ3n) is 5.01. The first-order valence-corrected chi connectivity index (χ1v) is 10.7. The highest BCUT2D eigenvalue weighted by Crippen LogP contribution is 2.26. The van der Waals surface area contributed by atoms with E-state index < -0.39 is 16.0 Å². The number of benzene rings is 1. The van der Waals surface area contributed by atoms with Gasteiger partial charge in [-0.25, -0.2) is 8.42 Å². The first-order chi connectivity index (χ1) is 12.7. The summed E-state index contributed by atoms with van der Waals surface area (Å²) < 4.78 is 27.1. The average molecular weight is 397 g/mol. The molecule has 1 aromatic rings. The number of hydrogen-bond donors (Lipinski definition) is 1. The number of carboxylic acids is 1.